The maximum Gasteiger partial charge on any atom is 0.330 e. The van der Waals surface area contributed by atoms with Crippen LogP contribution in [-0.2, 0) is 27.4 Å². The molecule has 0 radical (unpaired) electrons. The minimum absolute atomic E-state index is 0. The summed E-state index contributed by atoms with van der Waals surface area (Å²) in [4.78, 5) is 0. The van der Waals surface area contributed by atoms with Crippen molar-refractivity contribution in [1.82, 2.24) is 0 Å². The first-order chi connectivity index (χ1) is 2.00. The average molecular weight is 243 g/mol. The summed E-state index contributed by atoms with van der Waals surface area (Å²) in [5.41, 5.74) is 0. The molecule has 0 aromatic heterocycles. The predicted octanol–water partition coefficient (Wildman–Crippen LogP) is -5.38. The molecule has 0 aromatic rings. The number of hydrogen-bond acceptors (Lipinski definition) is 2. The van der Waals surface area contributed by atoms with Gasteiger partial charge in [0.1, 0.15) is 0 Å². The molecule has 0 aliphatic carbocycles. The van der Waals surface area contributed by atoms with E-state index in [-0.39, 0.29) is 44.4 Å². The molecular formula is H13FeNO8S. The Hall–Kier alpha value is 0.189. The maximum atomic E-state index is 8.97. The van der Waals surface area contributed by atoms with E-state index in [1.807, 2.05) is 0 Å². The van der Waals surface area contributed by atoms with Crippen molar-refractivity contribution >= 4 is 10.3 Å². The van der Waals surface area contributed by atoms with Crippen molar-refractivity contribution in [1.29, 1.82) is 0 Å². The monoisotopic (exact) mass is 243 g/mol. The van der Waals surface area contributed by atoms with E-state index in [1.54, 1.807) is 0 Å². The van der Waals surface area contributed by atoms with Crippen LogP contribution in [0.2, 0.25) is 0 Å². The Morgan fingerprint density at radius 1 is 0.909 bits per heavy atom. The molecule has 0 rings (SSSR count). The first-order valence-corrected chi connectivity index (χ1v) is 2.25. The second-order valence-electron chi connectivity index (χ2n) is 0.515. The Kier molecular flexibility index (Phi) is 135. The zero-order chi connectivity index (χ0) is 4.50. The fraction of sp³-hybridized carbons (Fsp3) is 0. The van der Waals surface area contributed by atoms with Crippen LogP contribution in [0.5, 0.6) is 0 Å². The quantitative estimate of drug-likeness (QED) is 0.312. The van der Waals surface area contributed by atoms with Gasteiger partial charge in [0.25, 0.3) is 0 Å². The van der Waals surface area contributed by atoms with E-state index in [1.165, 1.54) is 0 Å². The Bertz CT molecular complexity index is 97.3. The second kappa shape index (κ2) is 22.5. The van der Waals surface area contributed by atoms with Crippen molar-refractivity contribution in [2.24, 2.45) is 5.14 Å². The summed E-state index contributed by atoms with van der Waals surface area (Å²) in [6.45, 7) is 0. The topological polar surface area (TPSA) is 238 Å². The minimum atomic E-state index is -4.17. The fourth-order valence-corrected chi connectivity index (χ4v) is 0. The van der Waals surface area contributed by atoms with Gasteiger partial charge in [0.2, 0.25) is 0 Å². The van der Waals surface area contributed by atoms with Crippen LogP contribution in [0.4, 0.5) is 0 Å². The van der Waals surface area contributed by atoms with Gasteiger partial charge in [-0.15, -0.1) is 0 Å². The fourth-order valence-electron chi connectivity index (χ4n) is 0. The molecule has 11 heteroatoms. The summed E-state index contributed by atoms with van der Waals surface area (Å²) in [5.74, 6) is 0. The van der Waals surface area contributed by atoms with Gasteiger partial charge < -0.3 is 27.4 Å². The van der Waals surface area contributed by atoms with E-state index in [4.69, 9.17) is 13.0 Å². The van der Waals surface area contributed by atoms with Crippen LogP contribution in [0, 0.1) is 0 Å². The Morgan fingerprint density at radius 2 is 0.909 bits per heavy atom. The van der Waals surface area contributed by atoms with Gasteiger partial charge in [0.05, 0.1) is 0 Å². The van der Waals surface area contributed by atoms with Crippen LogP contribution in [0.15, 0.2) is 0 Å². The first-order valence-electron chi connectivity index (χ1n) is 0.752. The predicted molar refractivity (Wildman–Crippen MR) is 33.8 cm³/mol. The van der Waals surface area contributed by atoms with Gasteiger partial charge in [-0.1, -0.05) is 0 Å². The van der Waals surface area contributed by atoms with Crippen LogP contribution < -0.4 is 5.14 Å². The third kappa shape index (κ3) is 19000. The summed E-state index contributed by atoms with van der Waals surface area (Å²) in [7, 11) is -4.17. The zero-order valence-corrected chi connectivity index (χ0v) is 7.02. The molecule has 0 unspecified atom stereocenters. The number of rotatable bonds is 0. The molecule has 0 saturated heterocycles. The number of nitrogens with two attached hydrogens (primary N) is 1. The minimum Gasteiger partial charge on any atom is -0.412 e. The molecule has 0 heterocycles. The molecule has 11 heavy (non-hydrogen) atoms. The zero-order valence-electron chi connectivity index (χ0n) is 5.10. The molecule has 13 N–H and O–H groups in total. The Morgan fingerprint density at radius 3 is 0.909 bits per heavy atom. The SMILES string of the molecule is NS(=O)(=O)O.O.O.O.O.O.[Fe]. The van der Waals surface area contributed by atoms with E-state index in [0.29, 0.717) is 0 Å². The van der Waals surface area contributed by atoms with Crippen molar-refractivity contribution in [2.45, 2.75) is 0 Å². The van der Waals surface area contributed by atoms with E-state index >= 15 is 0 Å². The molecule has 9 nitrogen and oxygen atoms in total. The van der Waals surface area contributed by atoms with Gasteiger partial charge in [0.15, 0.2) is 0 Å². The normalized spacial score (nSPS) is 5.27. The summed E-state index contributed by atoms with van der Waals surface area (Å²) < 4.78 is 25.2. The van der Waals surface area contributed by atoms with Crippen LogP contribution in [0.3, 0.4) is 0 Å². The molecule has 0 spiro atoms. The van der Waals surface area contributed by atoms with Crippen LogP contribution in [-0.4, -0.2) is 40.4 Å². The smallest absolute Gasteiger partial charge is 0.330 e. The van der Waals surface area contributed by atoms with E-state index in [2.05, 4.69) is 5.14 Å². The van der Waals surface area contributed by atoms with Crippen molar-refractivity contribution in [3.63, 3.8) is 0 Å². The average Bonchev–Trinajstić information content (AvgIpc) is 0.722. The summed E-state index contributed by atoms with van der Waals surface area (Å²) in [6.07, 6.45) is 0. The van der Waals surface area contributed by atoms with Crippen molar-refractivity contribution < 1.29 is 57.4 Å². The molecule has 0 fully saturated rings. The molecule has 0 saturated carbocycles. The van der Waals surface area contributed by atoms with Gasteiger partial charge in [0, 0.05) is 17.1 Å². The van der Waals surface area contributed by atoms with Crippen LogP contribution in [0.1, 0.15) is 0 Å². The summed E-state index contributed by atoms with van der Waals surface area (Å²) >= 11 is 0. The Balaban J connectivity index is -0.00000000533. The van der Waals surface area contributed by atoms with Gasteiger partial charge in [-0.25, -0.2) is 5.14 Å². The Labute approximate surface area is 73.5 Å². The van der Waals surface area contributed by atoms with Crippen molar-refractivity contribution in [3.05, 3.63) is 0 Å². The first kappa shape index (κ1) is 66.2. The van der Waals surface area contributed by atoms with Gasteiger partial charge in [-0.3, -0.25) is 4.55 Å². The van der Waals surface area contributed by atoms with Crippen LogP contribution in [0.25, 0.3) is 0 Å². The summed E-state index contributed by atoms with van der Waals surface area (Å²) in [5, 5.41) is 3.88. The van der Waals surface area contributed by atoms with Gasteiger partial charge >= 0.3 is 10.3 Å². The van der Waals surface area contributed by atoms with Gasteiger partial charge in [-0.05, 0) is 0 Å². The van der Waals surface area contributed by atoms with Gasteiger partial charge in [-0.2, -0.15) is 8.42 Å². The van der Waals surface area contributed by atoms with Crippen molar-refractivity contribution in [2.75, 3.05) is 0 Å². The molecule has 0 aromatic carbocycles. The molecule has 0 amide bonds. The van der Waals surface area contributed by atoms with E-state index in [0.717, 1.165) is 0 Å². The molecule has 0 aliphatic rings. The second-order valence-corrected chi connectivity index (χ2v) is 1.54. The molecule has 80 valence electrons. The van der Waals surface area contributed by atoms with E-state index < -0.39 is 10.3 Å². The van der Waals surface area contributed by atoms with E-state index in [9.17, 15) is 0 Å². The standard InChI is InChI=1S/Fe.H3NO3S.5H2O/c;1-5(2,3)4;;;;;/h;(H3,1,2,3,4);5*1H2. The third-order valence-corrected chi connectivity index (χ3v) is 0. The summed E-state index contributed by atoms with van der Waals surface area (Å²) in [6, 6.07) is 0. The molecule has 0 atom stereocenters. The molecule has 0 bridgehead atoms. The maximum absolute atomic E-state index is 8.97. The molecular weight excluding hydrogens is 230 g/mol. The third-order valence-electron chi connectivity index (χ3n) is 0. The molecule has 0 aliphatic heterocycles. The number of hydrogen-bond donors (Lipinski definition) is 2. The van der Waals surface area contributed by atoms with Crippen LogP contribution >= 0.6 is 0 Å². The van der Waals surface area contributed by atoms with Crippen molar-refractivity contribution in [3.8, 4) is 0 Å². The largest absolute Gasteiger partial charge is 0.412 e.